The average Bonchev–Trinajstić information content (AvgIpc) is 2.08. The first kappa shape index (κ1) is 9.19. The normalized spacial score (nSPS) is 9.58. The molecule has 64 valence electrons. The molecular formula is C8H9BrN2O. The van der Waals surface area contributed by atoms with Crippen molar-refractivity contribution in [1.29, 1.82) is 0 Å². The molecule has 0 unspecified atom stereocenters. The van der Waals surface area contributed by atoms with Crippen LogP contribution in [-0.4, -0.2) is 17.9 Å². The van der Waals surface area contributed by atoms with E-state index in [4.69, 9.17) is 0 Å². The molecule has 0 saturated carbocycles. The molecule has 1 aromatic heterocycles. The summed E-state index contributed by atoms with van der Waals surface area (Å²) in [5.41, 5.74) is 1.44. The van der Waals surface area contributed by atoms with Crippen molar-refractivity contribution in [2.24, 2.45) is 0 Å². The van der Waals surface area contributed by atoms with E-state index >= 15 is 0 Å². The molecule has 1 aromatic rings. The number of hydrogen-bond donors (Lipinski definition) is 1. The highest BCUT2D eigenvalue weighted by Gasteiger charge is 2.05. The first-order chi connectivity index (χ1) is 5.65. The van der Waals surface area contributed by atoms with Crippen LogP contribution in [0.5, 0.6) is 0 Å². The topological polar surface area (TPSA) is 42.0 Å². The molecule has 0 saturated heterocycles. The summed E-state index contributed by atoms with van der Waals surface area (Å²) in [4.78, 5) is 15.1. The van der Waals surface area contributed by atoms with Crippen molar-refractivity contribution in [2.45, 2.75) is 6.92 Å². The van der Waals surface area contributed by atoms with E-state index < -0.39 is 0 Å². The van der Waals surface area contributed by atoms with Gasteiger partial charge in [-0.3, -0.25) is 9.78 Å². The van der Waals surface area contributed by atoms with Gasteiger partial charge in [-0.15, -0.1) is 0 Å². The second-order valence-corrected chi connectivity index (χ2v) is 3.25. The van der Waals surface area contributed by atoms with Crippen molar-refractivity contribution in [3.8, 4) is 0 Å². The summed E-state index contributed by atoms with van der Waals surface area (Å²) in [6, 6.07) is 1.70. The molecule has 1 rings (SSSR count). The number of nitrogens with one attached hydrogen (secondary N) is 1. The average molecular weight is 229 g/mol. The minimum Gasteiger partial charge on any atom is -0.354 e. The Hall–Kier alpha value is -0.900. The smallest absolute Gasteiger partial charge is 0.269 e. The van der Waals surface area contributed by atoms with Crippen LogP contribution in [-0.2, 0) is 0 Å². The maximum Gasteiger partial charge on any atom is 0.269 e. The van der Waals surface area contributed by atoms with Gasteiger partial charge in [-0.1, -0.05) is 15.9 Å². The van der Waals surface area contributed by atoms with Gasteiger partial charge >= 0.3 is 0 Å². The zero-order chi connectivity index (χ0) is 9.14. The SMILES string of the molecule is CNC(=O)c1cc(Br)c(C)cn1. The van der Waals surface area contributed by atoms with Crippen LogP contribution in [0, 0.1) is 6.92 Å². The Bertz CT molecular complexity index is 312. The number of aromatic nitrogens is 1. The fourth-order valence-corrected chi connectivity index (χ4v) is 1.07. The molecule has 0 bridgehead atoms. The van der Waals surface area contributed by atoms with E-state index in [0.717, 1.165) is 10.0 Å². The molecule has 1 heterocycles. The number of pyridine rings is 1. The van der Waals surface area contributed by atoms with Crippen molar-refractivity contribution in [1.82, 2.24) is 10.3 Å². The van der Waals surface area contributed by atoms with Crippen LogP contribution in [0.3, 0.4) is 0 Å². The third kappa shape index (κ3) is 1.82. The highest BCUT2D eigenvalue weighted by atomic mass is 79.9. The Morgan fingerprint density at radius 3 is 2.83 bits per heavy atom. The number of amides is 1. The number of aryl methyl sites for hydroxylation is 1. The van der Waals surface area contributed by atoms with Crippen molar-refractivity contribution >= 4 is 21.8 Å². The third-order valence-corrected chi connectivity index (χ3v) is 2.35. The highest BCUT2D eigenvalue weighted by Crippen LogP contribution is 2.14. The van der Waals surface area contributed by atoms with Gasteiger partial charge in [-0.25, -0.2) is 0 Å². The van der Waals surface area contributed by atoms with Crippen LogP contribution >= 0.6 is 15.9 Å². The van der Waals surface area contributed by atoms with E-state index in [2.05, 4.69) is 26.2 Å². The summed E-state index contributed by atoms with van der Waals surface area (Å²) < 4.78 is 0.899. The lowest BCUT2D eigenvalue weighted by Crippen LogP contribution is -2.19. The van der Waals surface area contributed by atoms with Gasteiger partial charge in [0, 0.05) is 17.7 Å². The van der Waals surface area contributed by atoms with Gasteiger partial charge in [0.2, 0.25) is 0 Å². The standard InChI is InChI=1S/C8H9BrN2O/c1-5-4-11-7(3-6(5)9)8(12)10-2/h3-4H,1-2H3,(H,10,12). The van der Waals surface area contributed by atoms with E-state index in [-0.39, 0.29) is 5.91 Å². The lowest BCUT2D eigenvalue weighted by molar-refractivity contribution is 0.0958. The van der Waals surface area contributed by atoms with Gasteiger partial charge in [0.05, 0.1) is 0 Å². The Morgan fingerprint density at radius 1 is 1.67 bits per heavy atom. The monoisotopic (exact) mass is 228 g/mol. The van der Waals surface area contributed by atoms with Crippen molar-refractivity contribution < 1.29 is 4.79 Å². The summed E-state index contributed by atoms with van der Waals surface area (Å²) >= 11 is 3.32. The van der Waals surface area contributed by atoms with Crippen LogP contribution in [0.25, 0.3) is 0 Å². The van der Waals surface area contributed by atoms with Crippen LogP contribution in [0.2, 0.25) is 0 Å². The molecule has 1 amide bonds. The van der Waals surface area contributed by atoms with Gasteiger partial charge in [0.15, 0.2) is 0 Å². The molecule has 0 aliphatic carbocycles. The Labute approximate surface area is 79.3 Å². The molecule has 3 nitrogen and oxygen atoms in total. The lowest BCUT2D eigenvalue weighted by atomic mass is 10.2. The Balaban J connectivity index is 3.05. The molecule has 4 heteroatoms. The molecule has 0 radical (unpaired) electrons. The maximum atomic E-state index is 11.1. The molecule has 0 fully saturated rings. The first-order valence-corrected chi connectivity index (χ1v) is 4.28. The minimum absolute atomic E-state index is 0.171. The molecular weight excluding hydrogens is 220 g/mol. The second-order valence-electron chi connectivity index (χ2n) is 2.40. The van der Waals surface area contributed by atoms with Crippen LogP contribution in [0.4, 0.5) is 0 Å². The maximum absolute atomic E-state index is 11.1. The number of carbonyl (C=O) groups is 1. The summed E-state index contributed by atoms with van der Waals surface area (Å²) in [7, 11) is 1.58. The molecule has 1 N–H and O–H groups in total. The number of hydrogen-bond acceptors (Lipinski definition) is 2. The van der Waals surface area contributed by atoms with Crippen LogP contribution in [0.15, 0.2) is 16.7 Å². The van der Waals surface area contributed by atoms with Gasteiger partial charge < -0.3 is 5.32 Å². The van der Waals surface area contributed by atoms with Gasteiger partial charge in [-0.2, -0.15) is 0 Å². The molecule has 0 spiro atoms. The molecule has 0 aromatic carbocycles. The Kier molecular flexibility index (Phi) is 2.81. The minimum atomic E-state index is -0.171. The van der Waals surface area contributed by atoms with E-state index in [1.165, 1.54) is 0 Å². The summed E-state index contributed by atoms with van der Waals surface area (Å²) in [5, 5.41) is 2.51. The summed E-state index contributed by atoms with van der Waals surface area (Å²) in [6.45, 7) is 1.92. The predicted molar refractivity (Wildman–Crippen MR) is 50.1 cm³/mol. The number of halogens is 1. The zero-order valence-electron chi connectivity index (χ0n) is 6.89. The van der Waals surface area contributed by atoms with E-state index in [1.54, 1.807) is 19.3 Å². The lowest BCUT2D eigenvalue weighted by Gasteiger charge is -2.00. The largest absolute Gasteiger partial charge is 0.354 e. The zero-order valence-corrected chi connectivity index (χ0v) is 8.47. The van der Waals surface area contributed by atoms with E-state index in [9.17, 15) is 4.79 Å². The van der Waals surface area contributed by atoms with E-state index in [0.29, 0.717) is 5.69 Å². The van der Waals surface area contributed by atoms with Crippen molar-refractivity contribution in [3.05, 3.63) is 28.0 Å². The third-order valence-electron chi connectivity index (χ3n) is 1.50. The summed E-state index contributed by atoms with van der Waals surface area (Å²) in [6.07, 6.45) is 1.66. The van der Waals surface area contributed by atoms with Crippen molar-refractivity contribution in [3.63, 3.8) is 0 Å². The molecule has 12 heavy (non-hydrogen) atoms. The fourth-order valence-electron chi connectivity index (χ4n) is 0.751. The first-order valence-electron chi connectivity index (χ1n) is 3.49. The second kappa shape index (κ2) is 3.67. The predicted octanol–water partition coefficient (Wildman–Crippen LogP) is 1.51. The van der Waals surface area contributed by atoms with E-state index in [1.807, 2.05) is 6.92 Å². The van der Waals surface area contributed by atoms with Gasteiger partial charge in [0.25, 0.3) is 5.91 Å². The van der Waals surface area contributed by atoms with Crippen LogP contribution in [0.1, 0.15) is 16.1 Å². The highest BCUT2D eigenvalue weighted by molar-refractivity contribution is 9.10. The number of nitrogens with zero attached hydrogens (tertiary/aromatic N) is 1. The van der Waals surface area contributed by atoms with Gasteiger partial charge in [0.1, 0.15) is 5.69 Å². The van der Waals surface area contributed by atoms with Crippen LogP contribution < -0.4 is 5.32 Å². The Morgan fingerprint density at radius 2 is 2.33 bits per heavy atom. The number of rotatable bonds is 1. The molecule has 0 aliphatic heterocycles. The van der Waals surface area contributed by atoms with Gasteiger partial charge in [-0.05, 0) is 18.6 Å². The number of carbonyl (C=O) groups excluding carboxylic acids is 1. The summed E-state index contributed by atoms with van der Waals surface area (Å²) in [5.74, 6) is -0.171. The molecule has 0 atom stereocenters. The molecule has 0 aliphatic rings. The quantitative estimate of drug-likeness (QED) is 0.793. The van der Waals surface area contributed by atoms with Crippen molar-refractivity contribution in [2.75, 3.05) is 7.05 Å². The fraction of sp³-hybridized carbons (Fsp3) is 0.250.